The van der Waals surface area contributed by atoms with Crippen molar-refractivity contribution in [3.63, 3.8) is 0 Å². The molecule has 3 aromatic rings. The molecule has 3 rings (SSSR count). The normalized spacial score (nSPS) is 10.4. The molecule has 0 radical (unpaired) electrons. The van der Waals surface area contributed by atoms with E-state index in [9.17, 15) is 9.59 Å². The Bertz CT molecular complexity index is 1010. The number of halogens is 1. The van der Waals surface area contributed by atoms with E-state index < -0.39 is 5.97 Å². The molecule has 0 aliphatic rings. The van der Waals surface area contributed by atoms with Gasteiger partial charge in [-0.15, -0.1) is 11.3 Å². The highest BCUT2D eigenvalue weighted by atomic mass is 127. The van der Waals surface area contributed by atoms with Gasteiger partial charge in [0.05, 0.1) is 13.2 Å². The van der Waals surface area contributed by atoms with E-state index in [1.807, 2.05) is 48.7 Å². The van der Waals surface area contributed by atoms with Crippen LogP contribution in [0, 0.1) is 3.57 Å². The maximum atomic E-state index is 12.7. The number of carbonyl (C=O) groups is 2. The van der Waals surface area contributed by atoms with Crippen LogP contribution in [0.3, 0.4) is 0 Å². The van der Waals surface area contributed by atoms with Gasteiger partial charge < -0.3 is 14.8 Å². The van der Waals surface area contributed by atoms with Gasteiger partial charge in [0.25, 0.3) is 5.91 Å². The number of ether oxygens (including phenoxy) is 2. The third kappa shape index (κ3) is 5.16. The molecule has 0 bridgehead atoms. The van der Waals surface area contributed by atoms with Gasteiger partial charge in [0.15, 0.2) is 0 Å². The Morgan fingerprint density at radius 1 is 1.07 bits per heavy atom. The number of rotatable bonds is 7. The van der Waals surface area contributed by atoms with Crippen LogP contribution in [0.25, 0.3) is 11.1 Å². The minimum atomic E-state index is -0.462. The lowest BCUT2D eigenvalue weighted by molar-refractivity contribution is 0.0529. The first kappa shape index (κ1) is 21.3. The highest BCUT2D eigenvalue weighted by Crippen LogP contribution is 2.37. The van der Waals surface area contributed by atoms with Crippen molar-refractivity contribution in [2.24, 2.45) is 0 Å². The molecular formula is C22H20INO4S. The second-order valence-corrected chi connectivity index (χ2v) is 8.12. The zero-order valence-corrected chi connectivity index (χ0v) is 19.0. The molecule has 7 heteroatoms. The molecule has 0 fully saturated rings. The molecule has 0 saturated carbocycles. The molecule has 1 aromatic heterocycles. The Hall–Kier alpha value is -2.39. The van der Waals surface area contributed by atoms with Crippen LogP contribution in [0.1, 0.15) is 34.6 Å². The maximum Gasteiger partial charge on any atom is 0.341 e. The van der Waals surface area contributed by atoms with Crippen molar-refractivity contribution in [1.29, 1.82) is 0 Å². The van der Waals surface area contributed by atoms with E-state index in [1.54, 1.807) is 19.1 Å². The van der Waals surface area contributed by atoms with Gasteiger partial charge >= 0.3 is 5.97 Å². The number of hydrogen-bond acceptors (Lipinski definition) is 5. The molecular weight excluding hydrogens is 501 g/mol. The van der Waals surface area contributed by atoms with E-state index in [2.05, 4.69) is 27.9 Å². The molecule has 0 aliphatic carbocycles. The fraction of sp³-hybridized carbons (Fsp3) is 0.182. The lowest BCUT2D eigenvalue weighted by Gasteiger charge is -2.10. The Labute approximate surface area is 187 Å². The van der Waals surface area contributed by atoms with Crippen LogP contribution in [0.4, 0.5) is 5.00 Å². The number of esters is 1. The molecule has 150 valence electrons. The minimum absolute atomic E-state index is 0.252. The fourth-order valence-corrected chi connectivity index (χ4v) is 4.27. The van der Waals surface area contributed by atoms with E-state index in [-0.39, 0.29) is 12.5 Å². The summed E-state index contributed by atoms with van der Waals surface area (Å²) in [6.45, 7) is 4.52. The molecule has 29 heavy (non-hydrogen) atoms. The van der Waals surface area contributed by atoms with Crippen molar-refractivity contribution in [1.82, 2.24) is 0 Å². The van der Waals surface area contributed by atoms with Crippen molar-refractivity contribution in [3.05, 3.63) is 68.6 Å². The van der Waals surface area contributed by atoms with Crippen molar-refractivity contribution in [2.75, 3.05) is 18.5 Å². The number of nitrogens with one attached hydrogen (secondary N) is 1. The molecule has 0 saturated heterocycles. The largest absolute Gasteiger partial charge is 0.494 e. The van der Waals surface area contributed by atoms with Gasteiger partial charge in [0.2, 0.25) is 0 Å². The summed E-state index contributed by atoms with van der Waals surface area (Å²) in [5.41, 5.74) is 2.46. The lowest BCUT2D eigenvalue weighted by atomic mass is 10.0. The third-order valence-electron chi connectivity index (χ3n) is 4.06. The van der Waals surface area contributed by atoms with Gasteiger partial charge in [-0.1, -0.05) is 18.2 Å². The summed E-state index contributed by atoms with van der Waals surface area (Å²) in [5, 5.41) is 5.19. The first-order chi connectivity index (χ1) is 14.0. The van der Waals surface area contributed by atoms with E-state index in [0.717, 1.165) is 20.4 Å². The number of hydrogen-bond donors (Lipinski definition) is 1. The highest BCUT2D eigenvalue weighted by Gasteiger charge is 2.23. The summed E-state index contributed by atoms with van der Waals surface area (Å²) >= 11 is 3.46. The van der Waals surface area contributed by atoms with Crippen LogP contribution < -0.4 is 10.1 Å². The second kappa shape index (κ2) is 9.89. The molecule has 2 aromatic carbocycles. The summed E-state index contributed by atoms with van der Waals surface area (Å²) in [6.07, 6.45) is 0. The van der Waals surface area contributed by atoms with Crippen LogP contribution in [0.2, 0.25) is 0 Å². The maximum absolute atomic E-state index is 12.7. The molecule has 0 unspecified atom stereocenters. The number of benzene rings is 2. The smallest absolute Gasteiger partial charge is 0.341 e. The van der Waals surface area contributed by atoms with E-state index >= 15 is 0 Å². The first-order valence-electron chi connectivity index (χ1n) is 9.12. The number of anilines is 1. The molecule has 5 nitrogen and oxygen atoms in total. The van der Waals surface area contributed by atoms with E-state index in [4.69, 9.17) is 9.47 Å². The summed E-state index contributed by atoms with van der Waals surface area (Å²) in [5.74, 6) is 0.0288. The Kier molecular flexibility index (Phi) is 7.27. The standard InChI is InChI=1S/C22H20INO4S/c1-3-27-17-10-8-14(9-11-17)18-13-29-21(19(18)22(26)28-4-2)24-20(25)15-6-5-7-16(23)12-15/h5-13H,3-4H2,1-2H3,(H,24,25). The zero-order chi connectivity index (χ0) is 20.8. The summed E-state index contributed by atoms with van der Waals surface area (Å²) in [4.78, 5) is 25.4. The molecule has 1 heterocycles. The number of thiophene rings is 1. The molecule has 1 amide bonds. The summed E-state index contributed by atoms with van der Waals surface area (Å²) < 4.78 is 11.7. The second-order valence-electron chi connectivity index (χ2n) is 6.00. The van der Waals surface area contributed by atoms with Crippen molar-refractivity contribution >= 4 is 50.8 Å². The average Bonchev–Trinajstić information content (AvgIpc) is 3.12. The average molecular weight is 521 g/mol. The van der Waals surface area contributed by atoms with Crippen LogP contribution in [0.5, 0.6) is 5.75 Å². The zero-order valence-electron chi connectivity index (χ0n) is 16.0. The molecule has 0 aliphatic heterocycles. The third-order valence-corrected chi connectivity index (χ3v) is 5.63. The Morgan fingerprint density at radius 3 is 2.48 bits per heavy atom. The summed E-state index contributed by atoms with van der Waals surface area (Å²) in [6, 6.07) is 14.8. The van der Waals surface area contributed by atoms with Crippen molar-refractivity contribution in [2.45, 2.75) is 13.8 Å². The lowest BCUT2D eigenvalue weighted by Crippen LogP contribution is -2.15. The Balaban J connectivity index is 1.95. The minimum Gasteiger partial charge on any atom is -0.494 e. The monoisotopic (exact) mass is 521 g/mol. The molecule has 1 N–H and O–H groups in total. The van der Waals surface area contributed by atoms with Gasteiger partial charge in [-0.05, 0) is 72.3 Å². The van der Waals surface area contributed by atoms with Gasteiger partial charge in [-0.3, -0.25) is 4.79 Å². The topological polar surface area (TPSA) is 64.6 Å². The predicted octanol–water partition coefficient (Wildman–Crippen LogP) is 5.85. The van der Waals surface area contributed by atoms with Crippen LogP contribution in [0.15, 0.2) is 53.9 Å². The first-order valence-corrected chi connectivity index (χ1v) is 11.1. The van der Waals surface area contributed by atoms with Crippen LogP contribution in [-0.4, -0.2) is 25.1 Å². The van der Waals surface area contributed by atoms with Gasteiger partial charge in [0.1, 0.15) is 16.3 Å². The predicted molar refractivity (Wildman–Crippen MR) is 124 cm³/mol. The Morgan fingerprint density at radius 2 is 1.83 bits per heavy atom. The van der Waals surface area contributed by atoms with Gasteiger partial charge in [0, 0.05) is 20.1 Å². The fourth-order valence-electron chi connectivity index (χ4n) is 2.77. The van der Waals surface area contributed by atoms with Gasteiger partial charge in [-0.2, -0.15) is 0 Å². The number of carbonyl (C=O) groups excluding carboxylic acids is 2. The van der Waals surface area contributed by atoms with Gasteiger partial charge in [-0.25, -0.2) is 4.79 Å². The van der Waals surface area contributed by atoms with Crippen molar-refractivity contribution < 1.29 is 19.1 Å². The molecule has 0 atom stereocenters. The van der Waals surface area contributed by atoms with E-state index in [0.29, 0.717) is 22.7 Å². The van der Waals surface area contributed by atoms with E-state index in [1.165, 1.54) is 11.3 Å². The summed E-state index contributed by atoms with van der Waals surface area (Å²) in [7, 11) is 0. The van der Waals surface area contributed by atoms with Crippen molar-refractivity contribution in [3.8, 4) is 16.9 Å². The quantitative estimate of drug-likeness (QED) is 0.313. The van der Waals surface area contributed by atoms with Crippen LogP contribution in [-0.2, 0) is 4.74 Å². The highest BCUT2D eigenvalue weighted by molar-refractivity contribution is 14.1. The number of amides is 1. The van der Waals surface area contributed by atoms with Crippen LogP contribution >= 0.6 is 33.9 Å². The molecule has 0 spiro atoms. The SMILES string of the molecule is CCOC(=O)c1c(-c2ccc(OCC)cc2)csc1NC(=O)c1cccc(I)c1.